The first-order valence-electron chi connectivity index (χ1n) is 12.4. The quantitative estimate of drug-likeness (QED) is 0.227. The maximum Gasteiger partial charge on any atom is 0.243 e. The van der Waals surface area contributed by atoms with Crippen LogP contribution < -0.4 is 27.2 Å². The van der Waals surface area contributed by atoms with Gasteiger partial charge in [0.1, 0.15) is 11.9 Å². The number of hydrogen-bond donors (Lipinski definition) is 5. The third kappa shape index (κ3) is 5.04. The number of hydrogen-bond acceptors (Lipinski definition) is 7. The van der Waals surface area contributed by atoms with Crippen LogP contribution in [0, 0.1) is 11.3 Å². The van der Waals surface area contributed by atoms with E-state index in [1.165, 1.54) is 0 Å². The highest BCUT2D eigenvalue weighted by atomic mass is 35.5. The Hall–Kier alpha value is -1.52. The maximum absolute atomic E-state index is 13.5. The Morgan fingerprint density at radius 2 is 2.06 bits per heavy atom. The fraction of sp³-hybridized carbons (Fsp3) is 0.667. The summed E-state index contributed by atoms with van der Waals surface area (Å²) in [6.45, 7) is 1.44. The molecule has 1 aliphatic carbocycles. The van der Waals surface area contributed by atoms with E-state index in [4.69, 9.17) is 33.3 Å². The Morgan fingerprint density at radius 1 is 1.26 bits per heavy atom. The molecule has 0 bridgehead atoms. The van der Waals surface area contributed by atoms with Gasteiger partial charge in [-0.05, 0) is 50.2 Å². The van der Waals surface area contributed by atoms with E-state index in [0.717, 1.165) is 56.3 Å². The van der Waals surface area contributed by atoms with E-state index < -0.39 is 0 Å². The van der Waals surface area contributed by atoms with Crippen molar-refractivity contribution in [1.82, 2.24) is 10.8 Å². The van der Waals surface area contributed by atoms with Crippen LogP contribution in [0.25, 0.3) is 0 Å². The van der Waals surface area contributed by atoms with Gasteiger partial charge in [-0.1, -0.05) is 12.1 Å². The normalized spacial score (nSPS) is 35.4. The molecule has 5 rings (SSSR count). The van der Waals surface area contributed by atoms with Crippen molar-refractivity contribution >= 4 is 40.8 Å². The first-order chi connectivity index (χ1) is 16.4. The van der Waals surface area contributed by atoms with Crippen LogP contribution in [0.2, 0.25) is 0 Å². The molecule has 2 saturated heterocycles. The highest BCUT2D eigenvalue weighted by Crippen LogP contribution is 2.42. The Balaban J connectivity index is 1.36. The van der Waals surface area contributed by atoms with Crippen molar-refractivity contribution < 1.29 is 9.63 Å². The molecule has 0 radical (unpaired) electrons. The highest BCUT2D eigenvalue weighted by Gasteiger charge is 2.43. The lowest BCUT2D eigenvalue weighted by atomic mass is 9.91. The number of nitrogens with one attached hydrogen (secondary N) is 3. The summed E-state index contributed by atoms with van der Waals surface area (Å²) in [5.74, 6) is 0.336. The topological polar surface area (TPSA) is 129 Å². The fourth-order valence-electron chi connectivity index (χ4n) is 5.81. The van der Waals surface area contributed by atoms with Gasteiger partial charge in [0, 0.05) is 54.0 Å². The van der Waals surface area contributed by atoms with Gasteiger partial charge in [0.2, 0.25) is 5.91 Å². The van der Waals surface area contributed by atoms with Crippen LogP contribution in [0.3, 0.4) is 0 Å². The van der Waals surface area contributed by atoms with Gasteiger partial charge in [-0.15, -0.1) is 23.4 Å². The maximum atomic E-state index is 13.5. The van der Waals surface area contributed by atoms with Gasteiger partial charge in [0.25, 0.3) is 0 Å². The Labute approximate surface area is 210 Å². The minimum Gasteiger partial charge on any atom is -0.384 e. The van der Waals surface area contributed by atoms with Crippen molar-refractivity contribution in [3.63, 3.8) is 0 Å². The Morgan fingerprint density at radius 3 is 2.76 bits per heavy atom. The van der Waals surface area contributed by atoms with Crippen LogP contribution in [-0.4, -0.2) is 59.0 Å². The van der Waals surface area contributed by atoms with Gasteiger partial charge in [-0.25, -0.2) is 5.48 Å². The number of nitrogen functional groups attached to an aromatic ring is 1. The number of nitrogens with zero attached hydrogens (tertiary/aromatic N) is 1. The molecule has 3 fully saturated rings. The highest BCUT2D eigenvalue weighted by molar-refractivity contribution is 8.01. The molecular weight excluding hydrogens is 472 g/mol. The molecule has 7 N–H and O–H groups in total. The number of hydroxylamine groups is 1. The number of thioether (sulfide) groups is 1. The van der Waals surface area contributed by atoms with E-state index in [-0.39, 0.29) is 46.6 Å². The number of halogens is 1. The molecule has 5 atom stereocenters. The predicted molar refractivity (Wildman–Crippen MR) is 137 cm³/mol. The molecule has 3 heterocycles. The summed E-state index contributed by atoms with van der Waals surface area (Å²) < 4.78 is 0.141. The zero-order valence-corrected chi connectivity index (χ0v) is 20.9. The number of carbonyl (C=O) groups excluding carboxylic acids is 1. The van der Waals surface area contributed by atoms with Gasteiger partial charge in [-0.2, -0.15) is 0 Å². The summed E-state index contributed by atoms with van der Waals surface area (Å²) in [5.41, 5.74) is 17.8. The lowest BCUT2D eigenvalue weighted by Gasteiger charge is -2.34. The smallest absolute Gasteiger partial charge is 0.243 e. The van der Waals surface area contributed by atoms with Crippen LogP contribution in [0.1, 0.15) is 49.7 Å². The summed E-state index contributed by atoms with van der Waals surface area (Å²) >= 11 is 8.16. The van der Waals surface area contributed by atoms with Crippen LogP contribution >= 0.6 is 23.4 Å². The molecule has 34 heavy (non-hydrogen) atoms. The van der Waals surface area contributed by atoms with Gasteiger partial charge >= 0.3 is 0 Å². The van der Waals surface area contributed by atoms with E-state index in [1.54, 1.807) is 11.8 Å². The second kappa shape index (κ2) is 10.2. The molecule has 3 aliphatic heterocycles. The molecule has 8 nitrogen and oxygen atoms in total. The standard InChI is InChI=1S/C24H35ClN6O2S/c25-21-8-7-20(34-21)22-15(11-29-33-22)12-31-18-10-14(23(27)28)2-1-13(18)9-19(31)24(32)30-17-5-3-16(26)4-6-17/h1-2,10,15-17,19-22,29H,3-9,11-12,26H2,(H3,27,28)(H,30,32). The number of nitrogens with two attached hydrogens (primary N) is 2. The lowest BCUT2D eigenvalue weighted by molar-refractivity contribution is -0.123. The average molecular weight is 507 g/mol. The molecule has 1 amide bonds. The lowest BCUT2D eigenvalue weighted by Crippen LogP contribution is -2.52. The number of benzene rings is 1. The predicted octanol–water partition coefficient (Wildman–Crippen LogP) is 2.07. The molecule has 1 saturated carbocycles. The molecule has 1 aromatic carbocycles. The van der Waals surface area contributed by atoms with E-state index >= 15 is 0 Å². The van der Waals surface area contributed by atoms with Crippen molar-refractivity contribution in [3.8, 4) is 0 Å². The number of anilines is 1. The number of alkyl halides is 1. The minimum atomic E-state index is -0.286. The molecule has 0 aromatic heterocycles. The van der Waals surface area contributed by atoms with Gasteiger partial charge in [0.15, 0.2) is 0 Å². The summed E-state index contributed by atoms with van der Waals surface area (Å²) in [5, 5.41) is 11.6. The first-order valence-corrected chi connectivity index (χ1v) is 13.7. The zero-order chi connectivity index (χ0) is 23.8. The van der Waals surface area contributed by atoms with Crippen molar-refractivity contribution in [1.29, 1.82) is 5.41 Å². The summed E-state index contributed by atoms with van der Waals surface area (Å²) in [4.78, 5) is 21.7. The van der Waals surface area contributed by atoms with Crippen molar-refractivity contribution in [2.75, 3.05) is 18.0 Å². The Kier molecular flexibility index (Phi) is 7.27. The van der Waals surface area contributed by atoms with Gasteiger partial charge in [0.05, 0.1) is 10.8 Å². The third-order valence-corrected chi connectivity index (χ3v) is 9.66. The number of amides is 1. The molecule has 4 aliphatic rings. The average Bonchev–Trinajstić information content (AvgIpc) is 3.54. The molecule has 186 valence electrons. The van der Waals surface area contributed by atoms with E-state index in [9.17, 15) is 4.79 Å². The van der Waals surface area contributed by atoms with Crippen LogP contribution in [0.4, 0.5) is 5.69 Å². The Bertz CT molecular complexity index is 927. The van der Waals surface area contributed by atoms with Crippen molar-refractivity contribution in [2.45, 2.75) is 79.1 Å². The second-order valence-corrected chi connectivity index (χ2v) is 12.3. The molecule has 5 unspecified atom stereocenters. The SMILES string of the molecule is N=C(N)c1ccc2c(c1)N(CC1CNOC1C1CCC(Cl)S1)C(C(=O)NC1CCC(N)CC1)C2. The van der Waals surface area contributed by atoms with E-state index in [0.29, 0.717) is 23.8 Å². The van der Waals surface area contributed by atoms with Gasteiger partial charge < -0.3 is 21.7 Å². The van der Waals surface area contributed by atoms with E-state index in [2.05, 4.69) is 15.7 Å². The summed E-state index contributed by atoms with van der Waals surface area (Å²) in [7, 11) is 0. The second-order valence-electron chi connectivity index (χ2n) is 10.1. The van der Waals surface area contributed by atoms with E-state index in [1.807, 2.05) is 18.2 Å². The van der Waals surface area contributed by atoms with Crippen LogP contribution in [0.5, 0.6) is 0 Å². The molecule has 1 aromatic rings. The summed E-state index contributed by atoms with van der Waals surface area (Å²) in [6, 6.07) is 6.00. The van der Waals surface area contributed by atoms with Crippen molar-refractivity contribution in [2.24, 2.45) is 17.4 Å². The minimum absolute atomic E-state index is 0.0356. The molecular formula is C24H35ClN6O2S. The zero-order valence-electron chi connectivity index (χ0n) is 19.3. The number of fused-ring (bicyclic) bond motifs is 1. The monoisotopic (exact) mass is 506 g/mol. The number of amidine groups is 1. The number of rotatable bonds is 6. The summed E-state index contributed by atoms with van der Waals surface area (Å²) in [6.07, 6.45) is 6.51. The van der Waals surface area contributed by atoms with Crippen LogP contribution in [0.15, 0.2) is 18.2 Å². The molecule has 0 spiro atoms. The first kappa shape index (κ1) is 24.2. The fourth-order valence-corrected chi connectivity index (χ4v) is 7.68. The van der Waals surface area contributed by atoms with Crippen molar-refractivity contribution in [3.05, 3.63) is 29.3 Å². The third-order valence-electron chi connectivity index (χ3n) is 7.74. The largest absolute Gasteiger partial charge is 0.384 e. The van der Waals surface area contributed by atoms with Crippen LogP contribution in [-0.2, 0) is 16.1 Å². The van der Waals surface area contributed by atoms with Gasteiger partial charge in [-0.3, -0.25) is 15.0 Å². The number of carbonyl (C=O) groups is 1. The molecule has 10 heteroatoms.